The minimum atomic E-state index is 0.106. The number of nitrogens with one attached hydrogen (secondary N) is 1. The molecule has 1 amide bonds. The molecule has 1 aliphatic carbocycles. The normalized spacial score (nSPS) is 15.8. The Balaban J connectivity index is 2.01. The molecule has 18 heavy (non-hydrogen) atoms. The quantitative estimate of drug-likeness (QED) is 0.818. The van der Waals surface area contributed by atoms with Gasteiger partial charge in [0.2, 0.25) is 0 Å². The Labute approximate surface area is 121 Å². The molecular weight excluding hydrogens is 310 g/mol. The van der Waals surface area contributed by atoms with E-state index in [0.29, 0.717) is 5.92 Å². The molecule has 0 aliphatic heterocycles. The molecule has 1 aliphatic rings. The summed E-state index contributed by atoms with van der Waals surface area (Å²) >= 11 is 5.13. The number of aryl methyl sites for hydroxylation is 2. The fraction of sp³-hybridized carbons (Fsp3) is 0.643. The average Bonchev–Trinajstić information content (AvgIpc) is 2.87. The molecule has 1 atom stereocenters. The van der Waals surface area contributed by atoms with Crippen LogP contribution < -0.4 is 5.32 Å². The molecule has 1 aromatic heterocycles. The van der Waals surface area contributed by atoms with Crippen molar-refractivity contribution in [1.82, 2.24) is 5.32 Å². The molecule has 0 saturated carbocycles. The zero-order valence-corrected chi connectivity index (χ0v) is 13.4. The number of amides is 1. The molecule has 0 aromatic carbocycles. The van der Waals surface area contributed by atoms with Crippen LogP contribution in [0.25, 0.3) is 0 Å². The third-order valence-corrected chi connectivity index (χ3v) is 5.21. The van der Waals surface area contributed by atoms with Gasteiger partial charge >= 0.3 is 0 Å². The fourth-order valence-electron chi connectivity index (χ4n) is 2.37. The van der Waals surface area contributed by atoms with E-state index in [1.165, 1.54) is 16.9 Å². The van der Waals surface area contributed by atoms with Gasteiger partial charge in [0.1, 0.15) is 0 Å². The first kappa shape index (κ1) is 14.1. The molecule has 100 valence electrons. The third-order valence-electron chi connectivity index (χ3n) is 3.51. The predicted molar refractivity (Wildman–Crippen MR) is 80.8 cm³/mol. The van der Waals surface area contributed by atoms with E-state index >= 15 is 0 Å². The van der Waals surface area contributed by atoms with E-state index in [2.05, 4.69) is 41.2 Å². The Morgan fingerprint density at radius 2 is 2.28 bits per heavy atom. The highest BCUT2D eigenvalue weighted by atomic mass is 79.9. The molecule has 1 unspecified atom stereocenters. The minimum Gasteiger partial charge on any atom is -0.348 e. The number of carbonyl (C=O) groups excluding carboxylic acids is 1. The third kappa shape index (κ3) is 3.15. The number of hydrogen-bond donors (Lipinski definition) is 1. The van der Waals surface area contributed by atoms with Gasteiger partial charge in [-0.2, -0.15) is 0 Å². The largest absolute Gasteiger partial charge is 0.348 e. The molecule has 0 spiro atoms. The lowest BCUT2D eigenvalue weighted by Crippen LogP contribution is -2.38. The monoisotopic (exact) mass is 329 g/mol. The number of halogens is 1. The van der Waals surface area contributed by atoms with Crippen molar-refractivity contribution in [1.29, 1.82) is 0 Å². The van der Waals surface area contributed by atoms with Gasteiger partial charge in [-0.25, -0.2) is 0 Å². The van der Waals surface area contributed by atoms with Crippen molar-refractivity contribution in [2.45, 2.75) is 45.6 Å². The second kappa shape index (κ2) is 6.20. The highest BCUT2D eigenvalue weighted by molar-refractivity contribution is 9.09. The molecule has 4 heteroatoms. The Morgan fingerprint density at radius 1 is 1.50 bits per heavy atom. The summed E-state index contributed by atoms with van der Waals surface area (Å²) in [5.41, 5.74) is 1.40. The number of carbonyl (C=O) groups is 1. The Morgan fingerprint density at radius 3 is 2.89 bits per heavy atom. The highest BCUT2D eigenvalue weighted by Gasteiger charge is 2.21. The van der Waals surface area contributed by atoms with Crippen molar-refractivity contribution in [2.24, 2.45) is 5.92 Å². The average molecular weight is 330 g/mol. The van der Waals surface area contributed by atoms with Gasteiger partial charge in [-0.15, -0.1) is 11.3 Å². The van der Waals surface area contributed by atoms with Crippen LogP contribution in [0.15, 0.2) is 6.07 Å². The highest BCUT2D eigenvalue weighted by Crippen LogP contribution is 2.30. The first-order valence-corrected chi connectivity index (χ1v) is 8.54. The van der Waals surface area contributed by atoms with Crippen molar-refractivity contribution < 1.29 is 4.79 Å². The van der Waals surface area contributed by atoms with Crippen molar-refractivity contribution in [3.8, 4) is 0 Å². The van der Waals surface area contributed by atoms with Gasteiger partial charge in [0.25, 0.3) is 5.91 Å². The van der Waals surface area contributed by atoms with Crippen LogP contribution in [0.3, 0.4) is 0 Å². The smallest absolute Gasteiger partial charge is 0.261 e. The van der Waals surface area contributed by atoms with Crippen LogP contribution in [0.4, 0.5) is 0 Å². The van der Waals surface area contributed by atoms with Gasteiger partial charge in [0, 0.05) is 16.2 Å². The van der Waals surface area contributed by atoms with Gasteiger partial charge in [0.05, 0.1) is 4.88 Å². The van der Waals surface area contributed by atoms with Crippen LogP contribution in [-0.4, -0.2) is 17.3 Å². The van der Waals surface area contributed by atoms with E-state index in [4.69, 9.17) is 0 Å². The van der Waals surface area contributed by atoms with E-state index in [0.717, 1.165) is 29.5 Å². The van der Waals surface area contributed by atoms with Crippen LogP contribution >= 0.6 is 27.3 Å². The van der Waals surface area contributed by atoms with E-state index < -0.39 is 0 Å². The number of alkyl halides is 1. The van der Waals surface area contributed by atoms with Crippen LogP contribution in [0.2, 0.25) is 0 Å². The van der Waals surface area contributed by atoms with Crippen molar-refractivity contribution >= 4 is 33.2 Å². The van der Waals surface area contributed by atoms with E-state index in [1.54, 1.807) is 11.3 Å². The molecule has 1 heterocycles. The van der Waals surface area contributed by atoms with Gasteiger partial charge in [0.15, 0.2) is 0 Å². The molecule has 1 N–H and O–H groups in total. The molecule has 0 radical (unpaired) electrons. The molecule has 2 rings (SSSR count). The molecule has 2 nitrogen and oxygen atoms in total. The lowest BCUT2D eigenvalue weighted by molar-refractivity contribution is 0.0929. The SMILES string of the molecule is CC(C)C(CCBr)NC(=O)c1cc2c(s1)CCC2. The maximum absolute atomic E-state index is 12.2. The first-order chi connectivity index (χ1) is 8.61. The lowest BCUT2D eigenvalue weighted by atomic mass is 10.0. The second-order valence-electron chi connectivity index (χ2n) is 5.21. The zero-order valence-electron chi connectivity index (χ0n) is 11.0. The summed E-state index contributed by atoms with van der Waals surface area (Å²) in [6, 6.07) is 2.35. The number of thiophene rings is 1. The van der Waals surface area contributed by atoms with Crippen molar-refractivity contribution in [3.63, 3.8) is 0 Å². The molecular formula is C14H20BrNOS. The lowest BCUT2D eigenvalue weighted by Gasteiger charge is -2.21. The Kier molecular flexibility index (Phi) is 4.84. The first-order valence-electron chi connectivity index (χ1n) is 6.60. The number of hydrogen-bond acceptors (Lipinski definition) is 2. The maximum Gasteiger partial charge on any atom is 0.261 e. The molecule has 1 aromatic rings. The van der Waals surface area contributed by atoms with Crippen molar-refractivity contribution in [2.75, 3.05) is 5.33 Å². The van der Waals surface area contributed by atoms with Crippen LogP contribution in [0, 0.1) is 5.92 Å². The summed E-state index contributed by atoms with van der Waals surface area (Å²) in [7, 11) is 0. The predicted octanol–water partition coefficient (Wildman–Crippen LogP) is 3.78. The van der Waals surface area contributed by atoms with Gasteiger partial charge < -0.3 is 5.32 Å². The van der Waals surface area contributed by atoms with Crippen LogP contribution in [0.1, 0.15) is 46.8 Å². The van der Waals surface area contributed by atoms with Crippen LogP contribution in [0.5, 0.6) is 0 Å². The van der Waals surface area contributed by atoms with E-state index in [1.807, 2.05) is 0 Å². The summed E-state index contributed by atoms with van der Waals surface area (Å²) in [6.45, 7) is 4.31. The number of fused-ring (bicyclic) bond motifs is 1. The van der Waals surface area contributed by atoms with E-state index in [9.17, 15) is 4.79 Å². The second-order valence-corrected chi connectivity index (χ2v) is 7.14. The standard InChI is InChI=1S/C14H20BrNOS/c1-9(2)11(6-7-15)16-14(17)13-8-10-4-3-5-12(10)18-13/h8-9,11H,3-7H2,1-2H3,(H,16,17). The maximum atomic E-state index is 12.2. The van der Waals surface area contributed by atoms with Gasteiger partial charge in [-0.1, -0.05) is 29.8 Å². The summed E-state index contributed by atoms with van der Waals surface area (Å²) in [5.74, 6) is 0.576. The summed E-state index contributed by atoms with van der Waals surface area (Å²) in [4.78, 5) is 14.5. The molecule has 0 fully saturated rings. The summed E-state index contributed by atoms with van der Waals surface area (Å²) in [5, 5.41) is 4.09. The Hall–Kier alpha value is -0.350. The Bertz CT molecular complexity index is 406. The molecule has 0 saturated heterocycles. The topological polar surface area (TPSA) is 29.1 Å². The zero-order chi connectivity index (χ0) is 13.1. The number of rotatable bonds is 5. The van der Waals surface area contributed by atoms with Gasteiger partial charge in [-0.3, -0.25) is 4.79 Å². The van der Waals surface area contributed by atoms with Crippen molar-refractivity contribution in [3.05, 3.63) is 21.4 Å². The van der Waals surface area contributed by atoms with E-state index in [-0.39, 0.29) is 11.9 Å². The van der Waals surface area contributed by atoms with Crippen LogP contribution in [-0.2, 0) is 12.8 Å². The summed E-state index contributed by atoms with van der Waals surface area (Å²) in [6.07, 6.45) is 4.53. The fourth-order valence-corrected chi connectivity index (χ4v) is 4.02. The molecule has 0 bridgehead atoms. The minimum absolute atomic E-state index is 0.106. The van der Waals surface area contributed by atoms with Gasteiger partial charge in [-0.05, 0) is 43.2 Å². The summed E-state index contributed by atoms with van der Waals surface area (Å²) < 4.78 is 0.